The van der Waals surface area contributed by atoms with Gasteiger partial charge in [0.2, 0.25) is 5.91 Å². The summed E-state index contributed by atoms with van der Waals surface area (Å²) in [5.74, 6) is -1.01. The Labute approximate surface area is 116 Å². The number of halogens is 1. The Kier molecular flexibility index (Phi) is 4.68. The Hall–Kier alpha value is -1.95. The molecule has 1 aromatic rings. The molecule has 6 heteroatoms. The van der Waals surface area contributed by atoms with Gasteiger partial charge in [0.15, 0.2) is 6.10 Å². The van der Waals surface area contributed by atoms with Gasteiger partial charge in [0, 0.05) is 26.1 Å². The smallest absolute Gasteiger partial charge is 0.253 e. The summed E-state index contributed by atoms with van der Waals surface area (Å²) in [5, 5.41) is 12.3. The first kappa shape index (κ1) is 14.5. The maximum absolute atomic E-state index is 13.0. The molecule has 1 aliphatic rings. The largest absolute Gasteiger partial charge is 0.378 e. The van der Waals surface area contributed by atoms with Gasteiger partial charge in [0.25, 0.3) is 5.91 Å². The van der Waals surface area contributed by atoms with E-state index in [1.807, 2.05) is 0 Å². The number of likely N-dealkylation sites (tertiary alicyclic amines) is 1. The van der Waals surface area contributed by atoms with Crippen LogP contribution in [-0.2, 0) is 9.59 Å². The molecule has 0 spiro atoms. The molecule has 20 heavy (non-hydrogen) atoms. The van der Waals surface area contributed by atoms with E-state index in [0.29, 0.717) is 19.5 Å². The fraction of sp³-hybridized carbons (Fsp3) is 0.429. The molecular weight excluding hydrogens is 263 g/mol. The number of hydrogen-bond donors (Lipinski definition) is 2. The van der Waals surface area contributed by atoms with Gasteiger partial charge in [-0.2, -0.15) is 0 Å². The summed E-state index contributed by atoms with van der Waals surface area (Å²) >= 11 is 0. The summed E-state index contributed by atoms with van der Waals surface area (Å²) in [5.41, 5.74) is 0.208. The summed E-state index contributed by atoms with van der Waals surface area (Å²) in [4.78, 5) is 24.8. The summed E-state index contributed by atoms with van der Waals surface area (Å²) in [6.45, 7) is 1.42. The highest BCUT2D eigenvalue weighted by Gasteiger charge is 2.21. The van der Waals surface area contributed by atoms with Gasteiger partial charge in [-0.3, -0.25) is 9.59 Å². The third kappa shape index (κ3) is 3.54. The highest BCUT2D eigenvalue weighted by atomic mass is 19.1. The van der Waals surface area contributed by atoms with Crippen LogP contribution in [-0.4, -0.2) is 41.5 Å². The van der Waals surface area contributed by atoms with Gasteiger partial charge < -0.3 is 15.3 Å². The molecule has 2 rings (SSSR count). The van der Waals surface area contributed by atoms with Gasteiger partial charge in [-0.15, -0.1) is 0 Å². The van der Waals surface area contributed by atoms with E-state index in [0.717, 1.165) is 12.5 Å². The number of benzene rings is 1. The van der Waals surface area contributed by atoms with Gasteiger partial charge in [0.1, 0.15) is 5.82 Å². The second kappa shape index (κ2) is 6.47. The number of rotatable bonds is 5. The van der Waals surface area contributed by atoms with Crippen LogP contribution in [0.25, 0.3) is 0 Å². The second-order valence-electron chi connectivity index (χ2n) is 4.73. The molecule has 5 nitrogen and oxygen atoms in total. The molecule has 1 fully saturated rings. The maximum atomic E-state index is 13.0. The fourth-order valence-electron chi connectivity index (χ4n) is 2.18. The van der Waals surface area contributed by atoms with E-state index in [1.54, 1.807) is 4.90 Å². The number of nitrogens with one attached hydrogen (secondary N) is 1. The zero-order valence-corrected chi connectivity index (χ0v) is 11.0. The topological polar surface area (TPSA) is 69.6 Å². The number of hydrogen-bond acceptors (Lipinski definition) is 3. The maximum Gasteiger partial charge on any atom is 0.253 e. The van der Waals surface area contributed by atoms with Crippen LogP contribution in [0.3, 0.4) is 0 Å². The van der Waals surface area contributed by atoms with Crippen LogP contribution in [0.4, 0.5) is 4.39 Å². The predicted molar refractivity (Wildman–Crippen MR) is 70.2 cm³/mol. The van der Waals surface area contributed by atoms with Crippen LogP contribution in [0.15, 0.2) is 24.3 Å². The van der Waals surface area contributed by atoms with Gasteiger partial charge in [0.05, 0.1) is 0 Å². The highest BCUT2D eigenvalue weighted by Crippen LogP contribution is 2.14. The standard InChI is InChI=1S/C14H17FN2O3/c15-11-4-1-3-10(9-11)13(19)14(20)16-6-8-17-7-2-5-12(17)18/h1,3-4,9,13,19H,2,5-8H2,(H,16,20)/t13-/m1/s1. The first-order valence-electron chi connectivity index (χ1n) is 6.57. The molecule has 1 heterocycles. The van der Waals surface area contributed by atoms with Crippen molar-refractivity contribution in [3.05, 3.63) is 35.6 Å². The van der Waals surface area contributed by atoms with E-state index in [9.17, 15) is 19.1 Å². The SMILES string of the molecule is O=C(NCCN1CCCC1=O)[C@H](O)c1cccc(F)c1. The lowest BCUT2D eigenvalue weighted by Crippen LogP contribution is -2.37. The average molecular weight is 280 g/mol. The molecule has 1 aliphatic heterocycles. The number of carbonyl (C=O) groups is 2. The Bertz CT molecular complexity index is 507. The van der Waals surface area contributed by atoms with Gasteiger partial charge in [-0.05, 0) is 24.1 Å². The Morgan fingerprint density at radius 3 is 2.95 bits per heavy atom. The zero-order valence-electron chi connectivity index (χ0n) is 11.0. The van der Waals surface area contributed by atoms with Crippen LogP contribution in [0, 0.1) is 5.82 Å². The number of carbonyl (C=O) groups excluding carboxylic acids is 2. The molecular formula is C14H17FN2O3. The van der Waals surface area contributed by atoms with Crippen LogP contribution in [0.1, 0.15) is 24.5 Å². The van der Waals surface area contributed by atoms with Crippen LogP contribution in [0.5, 0.6) is 0 Å². The van der Waals surface area contributed by atoms with Crippen molar-refractivity contribution in [1.29, 1.82) is 0 Å². The molecule has 2 N–H and O–H groups in total. The van der Waals surface area contributed by atoms with Crippen LogP contribution < -0.4 is 5.32 Å². The van der Waals surface area contributed by atoms with Crippen molar-refractivity contribution in [3.63, 3.8) is 0 Å². The highest BCUT2D eigenvalue weighted by molar-refractivity contribution is 5.82. The molecule has 0 saturated carbocycles. The predicted octanol–water partition coefficient (Wildman–Crippen LogP) is 0.598. The summed E-state index contributed by atoms with van der Waals surface area (Å²) in [6.07, 6.45) is -0.00145. The Morgan fingerprint density at radius 1 is 1.50 bits per heavy atom. The first-order chi connectivity index (χ1) is 9.58. The van der Waals surface area contributed by atoms with E-state index in [-0.39, 0.29) is 18.0 Å². The molecule has 0 aliphatic carbocycles. The van der Waals surface area contributed by atoms with Crippen molar-refractivity contribution in [1.82, 2.24) is 10.2 Å². The van der Waals surface area contributed by atoms with Gasteiger partial charge in [-0.25, -0.2) is 4.39 Å². The van der Waals surface area contributed by atoms with Crippen molar-refractivity contribution >= 4 is 11.8 Å². The van der Waals surface area contributed by atoms with E-state index in [1.165, 1.54) is 18.2 Å². The van der Waals surface area contributed by atoms with E-state index in [4.69, 9.17) is 0 Å². The Balaban J connectivity index is 1.81. The molecule has 0 unspecified atom stereocenters. The lowest BCUT2D eigenvalue weighted by Gasteiger charge is -2.17. The van der Waals surface area contributed by atoms with Gasteiger partial charge >= 0.3 is 0 Å². The van der Waals surface area contributed by atoms with Gasteiger partial charge in [-0.1, -0.05) is 12.1 Å². The summed E-state index contributed by atoms with van der Waals surface area (Å²) in [6, 6.07) is 5.28. The third-order valence-electron chi connectivity index (χ3n) is 3.27. The minimum atomic E-state index is -1.40. The molecule has 0 aromatic heterocycles. The molecule has 1 atom stereocenters. The minimum Gasteiger partial charge on any atom is -0.378 e. The van der Waals surface area contributed by atoms with Crippen LogP contribution >= 0.6 is 0 Å². The lowest BCUT2D eigenvalue weighted by molar-refractivity contribution is -0.131. The van der Waals surface area contributed by atoms with E-state index < -0.39 is 17.8 Å². The monoisotopic (exact) mass is 280 g/mol. The zero-order chi connectivity index (χ0) is 14.5. The number of aliphatic hydroxyl groups excluding tert-OH is 1. The lowest BCUT2D eigenvalue weighted by atomic mass is 10.1. The van der Waals surface area contributed by atoms with Crippen molar-refractivity contribution in [2.24, 2.45) is 0 Å². The first-order valence-corrected chi connectivity index (χ1v) is 6.57. The molecule has 0 bridgehead atoms. The third-order valence-corrected chi connectivity index (χ3v) is 3.27. The molecule has 1 saturated heterocycles. The van der Waals surface area contributed by atoms with E-state index >= 15 is 0 Å². The normalized spacial score (nSPS) is 16.3. The summed E-state index contributed by atoms with van der Waals surface area (Å²) < 4.78 is 13.0. The van der Waals surface area contributed by atoms with Crippen molar-refractivity contribution in [3.8, 4) is 0 Å². The van der Waals surface area contributed by atoms with Crippen LogP contribution in [0.2, 0.25) is 0 Å². The second-order valence-corrected chi connectivity index (χ2v) is 4.73. The molecule has 108 valence electrons. The molecule has 2 amide bonds. The van der Waals surface area contributed by atoms with E-state index in [2.05, 4.69) is 5.32 Å². The molecule has 0 radical (unpaired) electrons. The van der Waals surface area contributed by atoms with Crippen molar-refractivity contribution in [2.45, 2.75) is 18.9 Å². The van der Waals surface area contributed by atoms with Crippen molar-refractivity contribution in [2.75, 3.05) is 19.6 Å². The molecule has 1 aromatic carbocycles. The average Bonchev–Trinajstić information content (AvgIpc) is 2.83. The fourth-order valence-corrected chi connectivity index (χ4v) is 2.18. The number of aliphatic hydroxyl groups is 1. The summed E-state index contributed by atoms with van der Waals surface area (Å²) in [7, 11) is 0. The number of amides is 2. The Morgan fingerprint density at radius 2 is 2.30 bits per heavy atom. The minimum absolute atomic E-state index is 0.0879. The number of nitrogens with zero attached hydrogens (tertiary/aromatic N) is 1. The quantitative estimate of drug-likeness (QED) is 0.829. The van der Waals surface area contributed by atoms with Crippen molar-refractivity contribution < 1.29 is 19.1 Å².